The molecule has 0 spiro atoms. The van der Waals surface area contributed by atoms with E-state index < -0.39 is 0 Å². The fraction of sp³-hybridized carbons (Fsp3) is 0.250. The lowest BCUT2D eigenvalue weighted by Crippen LogP contribution is -2.01. The van der Waals surface area contributed by atoms with Gasteiger partial charge in [-0.3, -0.25) is 0 Å². The highest BCUT2D eigenvalue weighted by molar-refractivity contribution is 6.06. The van der Waals surface area contributed by atoms with Crippen LogP contribution in [0, 0.1) is 6.92 Å². The third-order valence-electron chi connectivity index (χ3n) is 5.24. The van der Waals surface area contributed by atoms with Crippen LogP contribution in [-0.4, -0.2) is 9.97 Å². The summed E-state index contributed by atoms with van der Waals surface area (Å²) >= 11 is 0. The van der Waals surface area contributed by atoms with Crippen molar-refractivity contribution < 1.29 is 0 Å². The van der Waals surface area contributed by atoms with Crippen molar-refractivity contribution in [2.75, 3.05) is 0 Å². The van der Waals surface area contributed by atoms with Gasteiger partial charge in [-0.2, -0.15) is 0 Å². The normalized spacial score (nSPS) is 11.3. The van der Waals surface area contributed by atoms with Crippen molar-refractivity contribution in [3.8, 4) is 0 Å². The first-order chi connectivity index (χ1) is 12.7. The van der Waals surface area contributed by atoms with Crippen molar-refractivity contribution in [1.29, 1.82) is 0 Å². The standard InChI is InChI=1S/C24H24N2/c1-4-17-10-11-21-18(5-2)19-8-6-7-9-20(19)23(22(21)12-17)13-24-25-14-16(3)15-26-24/h6-12,14-15H,4-5,13H2,1-3H3. The van der Waals surface area contributed by atoms with Crippen LogP contribution in [0.15, 0.2) is 54.9 Å². The molecule has 0 amide bonds. The molecular formula is C24H24N2. The van der Waals surface area contributed by atoms with E-state index in [1.807, 2.05) is 19.3 Å². The van der Waals surface area contributed by atoms with Crippen molar-refractivity contribution in [1.82, 2.24) is 9.97 Å². The lowest BCUT2D eigenvalue weighted by Gasteiger charge is -2.16. The van der Waals surface area contributed by atoms with Crippen LogP contribution < -0.4 is 0 Å². The second kappa shape index (κ2) is 6.87. The maximum Gasteiger partial charge on any atom is 0.132 e. The highest BCUT2D eigenvalue weighted by Crippen LogP contribution is 2.35. The number of hydrogen-bond donors (Lipinski definition) is 0. The van der Waals surface area contributed by atoms with Crippen LogP contribution in [0.5, 0.6) is 0 Å². The number of aromatic nitrogens is 2. The number of fused-ring (bicyclic) bond motifs is 2. The van der Waals surface area contributed by atoms with Gasteiger partial charge in [0.2, 0.25) is 0 Å². The molecule has 0 aliphatic rings. The van der Waals surface area contributed by atoms with E-state index in [1.165, 1.54) is 38.2 Å². The summed E-state index contributed by atoms with van der Waals surface area (Å²) in [4.78, 5) is 9.12. The minimum absolute atomic E-state index is 0.758. The largest absolute Gasteiger partial charge is 0.241 e. The van der Waals surface area contributed by atoms with E-state index in [9.17, 15) is 0 Å². The highest BCUT2D eigenvalue weighted by Gasteiger charge is 2.14. The third kappa shape index (κ3) is 2.86. The molecule has 0 fully saturated rings. The second-order valence-corrected chi connectivity index (χ2v) is 6.94. The van der Waals surface area contributed by atoms with Crippen LogP contribution >= 0.6 is 0 Å². The number of hydrogen-bond acceptors (Lipinski definition) is 2. The fourth-order valence-electron chi connectivity index (χ4n) is 3.86. The van der Waals surface area contributed by atoms with Gasteiger partial charge in [-0.15, -0.1) is 0 Å². The molecule has 0 saturated carbocycles. The molecule has 0 aliphatic carbocycles. The predicted molar refractivity (Wildman–Crippen MR) is 110 cm³/mol. The average Bonchev–Trinajstić information content (AvgIpc) is 2.69. The van der Waals surface area contributed by atoms with Gasteiger partial charge in [-0.25, -0.2) is 9.97 Å². The van der Waals surface area contributed by atoms with Crippen LogP contribution in [-0.2, 0) is 19.3 Å². The van der Waals surface area contributed by atoms with E-state index in [2.05, 4.69) is 66.3 Å². The lowest BCUT2D eigenvalue weighted by molar-refractivity contribution is 0.964. The van der Waals surface area contributed by atoms with E-state index in [4.69, 9.17) is 0 Å². The summed E-state index contributed by atoms with van der Waals surface area (Å²) in [5, 5.41) is 5.40. The van der Waals surface area contributed by atoms with Crippen LogP contribution in [0.1, 0.15) is 41.9 Å². The first-order valence-corrected chi connectivity index (χ1v) is 9.43. The first kappa shape index (κ1) is 16.7. The van der Waals surface area contributed by atoms with Crippen molar-refractivity contribution >= 4 is 21.5 Å². The van der Waals surface area contributed by atoms with E-state index >= 15 is 0 Å². The van der Waals surface area contributed by atoms with Crippen LogP contribution in [0.3, 0.4) is 0 Å². The Labute approximate surface area is 154 Å². The van der Waals surface area contributed by atoms with E-state index in [0.717, 1.165) is 30.7 Å². The molecule has 2 nitrogen and oxygen atoms in total. The summed E-state index contributed by atoms with van der Waals surface area (Å²) in [7, 11) is 0. The molecule has 3 aromatic carbocycles. The van der Waals surface area contributed by atoms with Crippen molar-refractivity contribution in [3.05, 3.63) is 82.9 Å². The zero-order chi connectivity index (χ0) is 18.1. The SMILES string of the molecule is CCc1ccc2c(CC)c3ccccc3c(Cc3ncc(C)cn3)c2c1. The Kier molecular flexibility index (Phi) is 4.42. The Morgan fingerprint density at radius 2 is 1.38 bits per heavy atom. The van der Waals surface area contributed by atoms with Gasteiger partial charge in [-0.1, -0.05) is 56.3 Å². The molecule has 0 unspecified atom stereocenters. The van der Waals surface area contributed by atoms with E-state index in [-0.39, 0.29) is 0 Å². The summed E-state index contributed by atoms with van der Waals surface area (Å²) in [6, 6.07) is 15.7. The van der Waals surface area contributed by atoms with Crippen LogP contribution in [0.4, 0.5) is 0 Å². The molecule has 0 atom stereocenters. The summed E-state index contributed by atoms with van der Waals surface area (Å²) < 4.78 is 0. The Morgan fingerprint density at radius 3 is 2.04 bits per heavy atom. The monoisotopic (exact) mass is 340 g/mol. The Balaban J connectivity index is 2.05. The minimum atomic E-state index is 0.758. The molecule has 1 heterocycles. The summed E-state index contributed by atoms with van der Waals surface area (Å²) in [5.74, 6) is 0.883. The summed E-state index contributed by atoms with van der Waals surface area (Å²) in [6.45, 7) is 6.49. The Bertz CT molecular complexity index is 1080. The van der Waals surface area contributed by atoms with Gasteiger partial charge < -0.3 is 0 Å². The Morgan fingerprint density at radius 1 is 0.731 bits per heavy atom. The molecule has 4 aromatic rings. The highest BCUT2D eigenvalue weighted by atomic mass is 14.9. The number of benzene rings is 3. The van der Waals surface area contributed by atoms with Gasteiger partial charge in [0.15, 0.2) is 0 Å². The zero-order valence-corrected chi connectivity index (χ0v) is 15.7. The maximum absolute atomic E-state index is 4.56. The molecule has 0 saturated heterocycles. The maximum atomic E-state index is 4.56. The summed E-state index contributed by atoms with van der Waals surface area (Å²) in [6.07, 6.45) is 6.65. The van der Waals surface area contributed by atoms with Gasteiger partial charge in [-0.05, 0) is 63.6 Å². The van der Waals surface area contributed by atoms with Crippen molar-refractivity contribution in [2.45, 2.75) is 40.0 Å². The van der Waals surface area contributed by atoms with E-state index in [0.29, 0.717) is 0 Å². The molecule has 0 bridgehead atoms. The minimum Gasteiger partial charge on any atom is -0.241 e. The molecule has 0 radical (unpaired) electrons. The number of rotatable bonds is 4. The lowest BCUT2D eigenvalue weighted by atomic mass is 9.88. The quantitative estimate of drug-likeness (QED) is 0.438. The Hall–Kier alpha value is -2.74. The van der Waals surface area contributed by atoms with Gasteiger partial charge in [0.25, 0.3) is 0 Å². The van der Waals surface area contributed by atoms with Crippen molar-refractivity contribution in [3.63, 3.8) is 0 Å². The summed E-state index contributed by atoms with van der Waals surface area (Å²) in [5.41, 5.74) is 5.25. The van der Waals surface area contributed by atoms with Gasteiger partial charge in [0.1, 0.15) is 5.82 Å². The van der Waals surface area contributed by atoms with E-state index in [1.54, 1.807) is 0 Å². The molecule has 26 heavy (non-hydrogen) atoms. The molecular weight excluding hydrogens is 316 g/mol. The number of aryl methyl sites for hydroxylation is 3. The second-order valence-electron chi connectivity index (χ2n) is 6.94. The molecule has 0 aliphatic heterocycles. The molecule has 1 aromatic heterocycles. The average molecular weight is 340 g/mol. The topological polar surface area (TPSA) is 25.8 Å². The first-order valence-electron chi connectivity index (χ1n) is 9.43. The zero-order valence-electron chi connectivity index (χ0n) is 15.7. The van der Waals surface area contributed by atoms with Crippen molar-refractivity contribution in [2.24, 2.45) is 0 Å². The van der Waals surface area contributed by atoms with Crippen LogP contribution in [0.25, 0.3) is 21.5 Å². The molecule has 2 heteroatoms. The smallest absolute Gasteiger partial charge is 0.132 e. The van der Waals surface area contributed by atoms with Gasteiger partial charge in [0, 0.05) is 18.8 Å². The predicted octanol–water partition coefficient (Wildman–Crippen LogP) is 5.81. The molecule has 4 rings (SSSR count). The molecule has 130 valence electrons. The van der Waals surface area contributed by atoms with Gasteiger partial charge in [0.05, 0.1) is 0 Å². The molecule has 0 N–H and O–H groups in total. The third-order valence-corrected chi connectivity index (χ3v) is 5.24. The van der Waals surface area contributed by atoms with Crippen LogP contribution in [0.2, 0.25) is 0 Å². The van der Waals surface area contributed by atoms with Gasteiger partial charge >= 0.3 is 0 Å². The fourth-order valence-corrected chi connectivity index (χ4v) is 3.86. The number of nitrogens with zero attached hydrogens (tertiary/aromatic N) is 2.